The monoisotopic (exact) mass is 739 g/mol. The fourth-order valence-corrected chi connectivity index (χ4v) is 9.08. The molecule has 1 atom stereocenters. The number of pyridine rings is 2. The summed E-state index contributed by atoms with van der Waals surface area (Å²) in [7, 11) is 0. The van der Waals surface area contributed by atoms with Gasteiger partial charge in [-0.1, -0.05) is 133 Å². The molecule has 1 aliphatic heterocycles. The molecule has 0 N–H and O–H groups in total. The van der Waals surface area contributed by atoms with Gasteiger partial charge in [0, 0.05) is 28.6 Å². The molecule has 0 spiro atoms. The lowest BCUT2D eigenvalue weighted by molar-refractivity contribution is 0.673. The van der Waals surface area contributed by atoms with E-state index in [9.17, 15) is 0 Å². The van der Waals surface area contributed by atoms with Crippen molar-refractivity contribution in [1.82, 2.24) is 9.97 Å². The molecule has 4 heteroatoms. The van der Waals surface area contributed by atoms with Gasteiger partial charge in [-0.2, -0.15) is 0 Å². The summed E-state index contributed by atoms with van der Waals surface area (Å²) in [6.45, 7) is 0. The maximum atomic E-state index is 6.79. The normalized spacial score (nSPS) is 13.9. The topological polar surface area (TPSA) is 51.3 Å². The molecule has 0 fully saturated rings. The molecule has 4 nitrogen and oxygen atoms in total. The third-order valence-electron chi connectivity index (χ3n) is 11.8. The van der Waals surface area contributed by atoms with Gasteiger partial charge in [-0.25, -0.2) is 4.98 Å². The second-order valence-corrected chi connectivity index (χ2v) is 15.1. The molecular weight excluding hydrogens is 707 g/mol. The van der Waals surface area contributed by atoms with Crippen molar-refractivity contribution >= 4 is 71.2 Å². The number of hydrogen-bond donors (Lipinski definition) is 0. The summed E-state index contributed by atoms with van der Waals surface area (Å²) in [6.07, 6.45) is 7.71. The van der Waals surface area contributed by atoms with E-state index in [2.05, 4.69) is 168 Å². The number of nitrogens with zero attached hydrogens (tertiary/aromatic N) is 3. The van der Waals surface area contributed by atoms with Gasteiger partial charge in [0.05, 0.1) is 17.1 Å². The number of benzene rings is 8. The second-order valence-electron chi connectivity index (χ2n) is 15.1. The molecule has 1 unspecified atom stereocenters. The minimum Gasteiger partial charge on any atom is -0.455 e. The predicted molar refractivity (Wildman–Crippen MR) is 241 cm³/mol. The Morgan fingerprint density at radius 2 is 1.10 bits per heavy atom. The van der Waals surface area contributed by atoms with E-state index >= 15 is 0 Å². The maximum absolute atomic E-state index is 6.79. The minimum absolute atomic E-state index is 0.108. The number of allylic oxidation sites excluding steroid dienone is 1. The largest absolute Gasteiger partial charge is 0.455 e. The Bertz CT molecular complexity index is 3460. The molecule has 0 aliphatic carbocycles. The molecule has 0 bridgehead atoms. The molecular formula is C54H33N3O. The molecule has 3 aromatic heterocycles. The van der Waals surface area contributed by atoms with Crippen LogP contribution in [0.25, 0.3) is 110 Å². The van der Waals surface area contributed by atoms with E-state index in [4.69, 9.17) is 9.40 Å². The first kappa shape index (κ1) is 32.5. The standard InChI is InChI=1S/C54H33N3O/c1-2-13-40-38(11-1)39-12-3-4-14-41(39)46-29-35(25-26-43(40)46)37-17-9-20-52-53(37)47-32-45(42-15-5-6-16-44(42)54(47)58-52)34-23-21-33(22-24-34)36-30-50(48-18-7-8-27-55-48)57-51(31-36)49-19-10-28-56-49/h1-32,49H. The van der Waals surface area contributed by atoms with Crippen LogP contribution in [0.4, 0.5) is 0 Å². The van der Waals surface area contributed by atoms with Crippen LogP contribution in [0.15, 0.2) is 198 Å². The van der Waals surface area contributed by atoms with Crippen molar-refractivity contribution in [3.63, 3.8) is 0 Å². The predicted octanol–water partition coefficient (Wildman–Crippen LogP) is 14.3. The average molecular weight is 740 g/mol. The van der Waals surface area contributed by atoms with E-state index in [1.807, 2.05) is 36.7 Å². The number of furan rings is 1. The van der Waals surface area contributed by atoms with Crippen LogP contribution >= 0.6 is 0 Å². The number of fused-ring (bicyclic) bond motifs is 11. The number of aliphatic imine (C=N–C) groups is 1. The maximum Gasteiger partial charge on any atom is 0.143 e. The van der Waals surface area contributed by atoms with E-state index < -0.39 is 0 Å². The molecule has 1 aliphatic rings. The summed E-state index contributed by atoms with van der Waals surface area (Å²) in [4.78, 5) is 14.2. The summed E-state index contributed by atoms with van der Waals surface area (Å²) in [6, 6.07) is 60.8. The van der Waals surface area contributed by atoms with Gasteiger partial charge in [0.2, 0.25) is 0 Å². The van der Waals surface area contributed by atoms with Gasteiger partial charge in [0.15, 0.2) is 0 Å². The van der Waals surface area contributed by atoms with Crippen LogP contribution in [-0.2, 0) is 0 Å². The Morgan fingerprint density at radius 1 is 0.431 bits per heavy atom. The van der Waals surface area contributed by atoms with E-state index in [1.54, 1.807) is 0 Å². The van der Waals surface area contributed by atoms with E-state index in [-0.39, 0.29) is 6.04 Å². The first-order valence-electron chi connectivity index (χ1n) is 19.7. The Balaban J connectivity index is 1.02. The number of rotatable bonds is 5. The van der Waals surface area contributed by atoms with Crippen molar-refractivity contribution in [2.45, 2.75) is 6.04 Å². The van der Waals surface area contributed by atoms with Crippen molar-refractivity contribution in [2.75, 3.05) is 0 Å². The van der Waals surface area contributed by atoms with Gasteiger partial charge in [-0.05, 0) is 120 Å². The van der Waals surface area contributed by atoms with Crippen LogP contribution < -0.4 is 0 Å². The molecule has 58 heavy (non-hydrogen) atoms. The second kappa shape index (κ2) is 12.9. The Morgan fingerprint density at radius 3 is 1.83 bits per heavy atom. The Hall–Kier alpha value is -7.69. The SMILES string of the molecule is C1=CC(c2cc(-c3ccc(-c4cc5c(oc6cccc(-c7ccc8c9ccccc9c9ccccc9c8c7)c65)c5ccccc45)cc3)cc(-c3ccccn3)n2)N=C1. The first-order valence-corrected chi connectivity index (χ1v) is 19.7. The first-order chi connectivity index (χ1) is 28.7. The van der Waals surface area contributed by atoms with Crippen LogP contribution in [0.2, 0.25) is 0 Å². The van der Waals surface area contributed by atoms with Gasteiger partial charge < -0.3 is 4.42 Å². The molecule has 0 saturated carbocycles. The van der Waals surface area contributed by atoms with Crippen LogP contribution in [-0.4, -0.2) is 16.2 Å². The zero-order valence-corrected chi connectivity index (χ0v) is 31.3. The summed E-state index contributed by atoms with van der Waals surface area (Å²) >= 11 is 0. The Labute approximate surface area is 334 Å². The molecule has 0 saturated heterocycles. The van der Waals surface area contributed by atoms with E-state index in [0.29, 0.717) is 0 Å². The average Bonchev–Trinajstić information content (AvgIpc) is 3.98. The Kier molecular flexibility index (Phi) is 7.26. The van der Waals surface area contributed by atoms with Gasteiger partial charge in [-0.15, -0.1) is 0 Å². The van der Waals surface area contributed by atoms with Crippen molar-refractivity contribution in [3.05, 3.63) is 194 Å². The summed E-state index contributed by atoms with van der Waals surface area (Å²) in [5, 5.41) is 12.1. The van der Waals surface area contributed by atoms with Crippen molar-refractivity contribution in [1.29, 1.82) is 0 Å². The van der Waals surface area contributed by atoms with Gasteiger partial charge >= 0.3 is 0 Å². The lowest BCUT2D eigenvalue weighted by atomic mass is 9.90. The van der Waals surface area contributed by atoms with Crippen LogP contribution in [0.3, 0.4) is 0 Å². The molecule has 0 radical (unpaired) electrons. The van der Waals surface area contributed by atoms with Crippen molar-refractivity contribution in [2.24, 2.45) is 4.99 Å². The summed E-state index contributed by atoms with van der Waals surface area (Å²) in [5.41, 5.74) is 11.2. The molecule has 12 rings (SSSR count). The summed E-state index contributed by atoms with van der Waals surface area (Å²) < 4.78 is 6.79. The highest BCUT2D eigenvalue weighted by Crippen LogP contribution is 2.45. The third kappa shape index (κ3) is 5.12. The van der Waals surface area contributed by atoms with Crippen LogP contribution in [0.1, 0.15) is 11.7 Å². The van der Waals surface area contributed by atoms with Crippen LogP contribution in [0, 0.1) is 0 Å². The van der Waals surface area contributed by atoms with E-state index in [0.717, 1.165) is 77.6 Å². The lowest BCUT2D eigenvalue weighted by Crippen LogP contribution is -1.98. The smallest absolute Gasteiger partial charge is 0.143 e. The zero-order valence-electron chi connectivity index (χ0n) is 31.3. The van der Waals surface area contributed by atoms with Gasteiger partial charge in [-0.3, -0.25) is 9.98 Å². The zero-order chi connectivity index (χ0) is 38.2. The highest BCUT2D eigenvalue weighted by atomic mass is 16.3. The minimum atomic E-state index is -0.108. The fraction of sp³-hybridized carbons (Fsp3) is 0.0185. The van der Waals surface area contributed by atoms with Crippen molar-refractivity contribution in [3.8, 4) is 44.8 Å². The van der Waals surface area contributed by atoms with Gasteiger partial charge in [0.1, 0.15) is 17.2 Å². The quantitative estimate of drug-likeness (QED) is 0.165. The molecule has 4 heterocycles. The number of aromatic nitrogens is 2. The highest BCUT2D eigenvalue weighted by molar-refractivity contribution is 6.27. The molecule has 270 valence electrons. The highest BCUT2D eigenvalue weighted by Gasteiger charge is 2.20. The summed E-state index contributed by atoms with van der Waals surface area (Å²) in [5.74, 6) is 0. The van der Waals surface area contributed by atoms with E-state index in [1.165, 1.54) is 37.9 Å². The fourth-order valence-electron chi connectivity index (χ4n) is 9.08. The van der Waals surface area contributed by atoms with Crippen LogP contribution in [0.5, 0.6) is 0 Å². The molecule has 8 aromatic carbocycles. The van der Waals surface area contributed by atoms with Gasteiger partial charge in [0.25, 0.3) is 0 Å². The lowest BCUT2D eigenvalue weighted by Gasteiger charge is -2.13. The molecule has 0 amide bonds. The molecule has 11 aromatic rings. The van der Waals surface area contributed by atoms with Crippen molar-refractivity contribution < 1.29 is 4.42 Å². The number of hydrogen-bond acceptors (Lipinski definition) is 4. The third-order valence-corrected chi connectivity index (χ3v) is 11.8.